The van der Waals surface area contributed by atoms with Crippen LogP contribution in [0.2, 0.25) is 6.04 Å². The van der Waals surface area contributed by atoms with E-state index >= 15 is 0 Å². The van der Waals surface area contributed by atoms with Gasteiger partial charge in [-0.1, -0.05) is 19.8 Å². The molecule has 3 N–H and O–H groups in total. The first-order valence-electron chi connectivity index (χ1n) is 6.39. The van der Waals surface area contributed by atoms with Crippen molar-refractivity contribution in [1.29, 1.82) is 0 Å². The predicted molar refractivity (Wildman–Crippen MR) is 72.0 cm³/mol. The monoisotopic (exact) mass is 264 g/mol. The molecule has 0 amide bonds. The minimum atomic E-state index is -2.41. The summed E-state index contributed by atoms with van der Waals surface area (Å²) in [7, 11) is 0.939. The largest absolute Gasteiger partial charge is 0.500 e. The Morgan fingerprint density at radius 2 is 1.82 bits per heavy atom. The van der Waals surface area contributed by atoms with Gasteiger partial charge in [0, 0.05) is 39.9 Å². The molecule has 0 spiro atoms. The van der Waals surface area contributed by atoms with Gasteiger partial charge in [0.1, 0.15) is 0 Å². The summed E-state index contributed by atoms with van der Waals surface area (Å²) in [5.41, 5.74) is 5.39. The van der Waals surface area contributed by atoms with Crippen molar-refractivity contribution in [3.8, 4) is 0 Å². The third-order valence-corrected chi connectivity index (χ3v) is 5.48. The molecule has 17 heavy (non-hydrogen) atoms. The van der Waals surface area contributed by atoms with Crippen molar-refractivity contribution in [3.05, 3.63) is 0 Å². The van der Waals surface area contributed by atoms with Gasteiger partial charge < -0.3 is 24.3 Å². The van der Waals surface area contributed by atoms with Crippen molar-refractivity contribution < 1.29 is 13.3 Å². The number of nitrogens with one attached hydrogen (secondary N) is 1. The van der Waals surface area contributed by atoms with Crippen LogP contribution in [-0.2, 0) is 13.3 Å². The van der Waals surface area contributed by atoms with Crippen molar-refractivity contribution in [2.75, 3.05) is 40.5 Å². The Kier molecular flexibility index (Phi) is 11.1. The molecule has 0 aromatic heterocycles. The molecule has 104 valence electrons. The Morgan fingerprint density at radius 1 is 1.12 bits per heavy atom. The van der Waals surface area contributed by atoms with E-state index in [2.05, 4.69) is 12.2 Å². The molecule has 0 unspecified atom stereocenters. The van der Waals surface area contributed by atoms with Gasteiger partial charge in [-0.05, 0) is 6.42 Å². The van der Waals surface area contributed by atoms with Crippen LogP contribution < -0.4 is 11.1 Å². The van der Waals surface area contributed by atoms with Gasteiger partial charge in [-0.25, -0.2) is 0 Å². The van der Waals surface area contributed by atoms with Gasteiger partial charge >= 0.3 is 8.80 Å². The van der Waals surface area contributed by atoms with E-state index in [1.54, 1.807) is 14.2 Å². The molecule has 0 radical (unpaired) electrons. The molecule has 0 rings (SSSR count). The number of hydrogen-bond donors (Lipinski definition) is 2. The topological polar surface area (TPSA) is 65.7 Å². The second-order valence-corrected chi connectivity index (χ2v) is 6.91. The lowest BCUT2D eigenvalue weighted by Gasteiger charge is -2.26. The standard InChI is InChI=1S/C11H28N2O3Si/c1-4-5-6-11-17(14-2,15-3)16-10-9-13-8-7-12/h13H,4-12H2,1-3H3. The molecule has 6 heteroatoms. The van der Waals surface area contributed by atoms with E-state index in [9.17, 15) is 0 Å². The lowest BCUT2D eigenvalue weighted by Crippen LogP contribution is -2.45. The highest BCUT2D eigenvalue weighted by atomic mass is 28.4. The van der Waals surface area contributed by atoms with Gasteiger partial charge in [-0.2, -0.15) is 0 Å². The molecule has 0 aromatic carbocycles. The minimum absolute atomic E-state index is 0.611. The summed E-state index contributed by atoms with van der Waals surface area (Å²) >= 11 is 0. The summed E-state index contributed by atoms with van der Waals surface area (Å²) < 4.78 is 16.8. The molecule has 0 aliphatic heterocycles. The van der Waals surface area contributed by atoms with E-state index in [-0.39, 0.29) is 0 Å². The van der Waals surface area contributed by atoms with Crippen LogP contribution in [0.3, 0.4) is 0 Å². The van der Waals surface area contributed by atoms with Crippen molar-refractivity contribution in [1.82, 2.24) is 5.32 Å². The van der Waals surface area contributed by atoms with E-state index in [1.165, 1.54) is 12.8 Å². The van der Waals surface area contributed by atoms with E-state index in [1.807, 2.05) is 0 Å². The molecule has 0 bridgehead atoms. The molecule has 0 atom stereocenters. The Balaban J connectivity index is 3.85. The molecular weight excluding hydrogens is 236 g/mol. The minimum Gasteiger partial charge on any atom is -0.377 e. The van der Waals surface area contributed by atoms with Crippen LogP contribution in [-0.4, -0.2) is 49.3 Å². The molecule has 0 aliphatic carbocycles. The fourth-order valence-corrected chi connectivity index (χ4v) is 3.63. The first-order chi connectivity index (χ1) is 8.24. The van der Waals surface area contributed by atoms with Crippen LogP contribution in [0.4, 0.5) is 0 Å². The summed E-state index contributed by atoms with van der Waals surface area (Å²) in [6.45, 7) is 5.04. The summed E-state index contributed by atoms with van der Waals surface area (Å²) in [6.07, 6.45) is 3.48. The molecule has 0 heterocycles. The summed E-state index contributed by atoms with van der Waals surface area (Å²) in [6, 6.07) is 0.894. The average Bonchev–Trinajstić information content (AvgIpc) is 2.37. The third kappa shape index (κ3) is 7.85. The summed E-state index contributed by atoms with van der Waals surface area (Å²) in [5, 5.41) is 3.18. The second kappa shape index (κ2) is 11.1. The van der Waals surface area contributed by atoms with Gasteiger partial charge in [0.2, 0.25) is 0 Å². The number of nitrogens with two attached hydrogens (primary N) is 1. The normalized spacial score (nSPS) is 12.0. The zero-order valence-electron chi connectivity index (χ0n) is 11.5. The third-order valence-electron chi connectivity index (χ3n) is 2.63. The summed E-state index contributed by atoms with van der Waals surface area (Å²) in [4.78, 5) is 0. The maximum atomic E-state index is 5.81. The van der Waals surface area contributed by atoms with E-state index in [4.69, 9.17) is 19.0 Å². The molecule has 0 aliphatic rings. The summed E-state index contributed by atoms with van der Waals surface area (Å²) in [5.74, 6) is 0. The highest BCUT2D eigenvalue weighted by molar-refractivity contribution is 6.60. The first kappa shape index (κ1) is 17.0. The Morgan fingerprint density at radius 3 is 2.35 bits per heavy atom. The van der Waals surface area contributed by atoms with Crippen molar-refractivity contribution >= 4 is 8.80 Å². The van der Waals surface area contributed by atoms with Crippen LogP contribution >= 0.6 is 0 Å². The molecule has 0 saturated heterocycles. The van der Waals surface area contributed by atoms with Gasteiger partial charge in [0.15, 0.2) is 0 Å². The lowest BCUT2D eigenvalue weighted by molar-refractivity contribution is 0.0984. The number of unbranched alkanes of at least 4 members (excludes halogenated alkanes) is 2. The molecular formula is C11H28N2O3Si. The van der Waals surface area contributed by atoms with Gasteiger partial charge in [-0.15, -0.1) is 0 Å². The zero-order chi connectivity index (χ0) is 13.0. The molecule has 0 fully saturated rings. The zero-order valence-corrected chi connectivity index (χ0v) is 12.5. The highest BCUT2D eigenvalue weighted by Crippen LogP contribution is 2.17. The van der Waals surface area contributed by atoms with E-state index < -0.39 is 8.80 Å². The molecule has 0 saturated carbocycles. The Hall–Kier alpha value is 0.0169. The maximum absolute atomic E-state index is 5.81. The Bertz CT molecular complexity index is 169. The number of hydrogen-bond acceptors (Lipinski definition) is 5. The fourth-order valence-electron chi connectivity index (χ4n) is 1.57. The smallest absolute Gasteiger partial charge is 0.377 e. The van der Waals surface area contributed by atoms with E-state index in [0.717, 1.165) is 25.6 Å². The van der Waals surface area contributed by atoms with Crippen LogP contribution in [0.1, 0.15) is 26.2 Å². The first-order valence-corrected chi connectivity index (χ1v) is 8.33. The Labute approximate surface area is 106 Å². The number of rotatable bonds is 12. The second-order valence-electron chi connectivity index (χ2n) is 3.94. The SMILES string of the molecule is CCCCC[Si](OC)(OC)OCCNCCN. The average molecular weight is 264 g/mol. The van der Waals surface area contributed by atoms with Crippen LogP contribution in [0, 0.1) is 0 Å². The van der Waals surface area contributed by atoms with Crippen molar-refractivity contribution in [3.63, 3.8) is 0 Å². The van der Waals surface area contributed by atoms with Crippen molar-refractivity contribution in [2.45, 2.75) is 32.2 Å². The van der Waals surface area contributed by atoms with Crippen LogP contribution in [0.5, 0.6) is 0 Å². The molecule has 0 aromatic rings. The lowest BCUT2D eigenvalue weighted by atomic mass is 10.3. The van der Waals surface area contributed by atoms with Crippen molar-refractivity contribution in [2.24, 2.45) is 5.73 Å². The van der Waals surface area contributed by atoms with Crippen LogP contribution in [0.15, 0.2) is 0 Å². The van der Waals surface area contributed by atoms with Gasteiger partial charge in [-0.3, -0.25) is 0 Å². The van der Waals surface area contributed by atoms with Gasteiger partial charge in [0.25, 0.3) is 0 Å². The maximum Gasteiger partial charge on any atom is 0.500 e. The van der Waals surface area contributed by atoms with Crippen LogP contribution in [0.25, 0.3) is 0 Å². The van der Waals surface area contributed by atoms with E-state index in [0.29, 0.717) is 13.2 Å². The predicted octanol–water partition coefficient (Wildman–Crippen LogP) is 0.973. The highest BCUT2D eigenvalue weighted by Gasteiger charge is 2.37. The van der Waals surface area contributed by atoms with Gasteiger partial charge in [0.05, 0.1) is 6.61 Å². The molecule has 5 nitrogen and oxygen atoms in total. The quantitative estimate of drug-likeness (QED) is 0.406. The fraction of sp³-hybridized carbons (Fsp3) is 1.00.